The first-order chi connectivity index (χ1) is 20.3. The zero-order valence-corrected chi connectivity index (χ0v) is 23.1. The lowest BCUT2D eigenvalue weighted by molar-refractivity contribution is -0.648. The van der Waals surface area contributed by atoms with Crippen LogP contribution in [0.4, 0.5) is 23.2 Å². The molecule has 0 unspecified atom stereocenters. The third kappa shape index (κ3) is 6.73. The Kier molecular flexibility index (Phi) is 8.74. The van der Waals surface area contributed by atoms with E-state index in [0.29, 0.717) is 5.95 Å². The van der Waals surface area contributed by atoms with Gasteiger partial charge in [0.1, 0.15) is 18.4 Å². The number of tetrazole rings is 1. The average Bonchev–Trinajstić information content (AvgIpc) is 3.45. The number of nitrogens with zero attached hydrogens (tertiary/aromatic N) is 5. The van der Waals surface area contributed by atoms with Gasteiger partial charge in [0.15, 0.2) is 0 Å². The van der Waals surface area contributed by atoms with Crippen molar-refractivity contribution in [2.45, 2.75) is 0 Å². The SMILES string of the molecule is F[B-](F)(F)F.c1ccc(-n2nc(N=P(c3ccccc3)(c3ccccc3)c3ccccc3)[n+](-c3ccccc3)n2)cc1. The Morgan fingerprint density at radius 1 is 0.548 bits per heavy atom. The number of benzene rings is 5. The van der Waals surface area contributed by atoms with Crippen LogP contribution in [0.2, 0.25) is 0 Å². The van der Waals surface area contributed by atoms with E-state index in [9.17, 15) is 17.3 Å². The molecule has 0 aliphatic rings. The van der Waals surface area contributed by atoms with Gasteiger partial charge in [-0.1, -0.05) is 132 Å². The molecular weight excluding hydrogens is 560 g/mol. The second-order valence-electron chi connectivity index (χ2n) is 9.00. The van der Waals surface area contributed by atoms with Crippen LogP contribution < -0.4 is 20.6 Å². The highest BCUT2D eigenvalue weighted by Gasteiger charge is 2.34. The lowest BCUT2D eigenvalue weighted by atomic mass is 10.3. The smallest absolute Gasteiger partial charge is 0.418 e. The van der Waals surface area contributed by atoms with Gasteiger partial charge in [0.05, 0.1) is 5.10 Å². The first kappa shape index (κ1) is 28.7. The molecule has 0 aliphatic carbocycles. The fourth-order valence-corrected chi connectivity index (χ4v) is 7.87. The predicted octanol–water partition coefficient (Wildman–Crippen LogP) is 6.65. The van der Waals surface area contributed by atoms with Gasteiger partial charge in [-0.25, -0.2) is 0 Å². The second kappa shape index (κ2) is 12.8. The number of aromatic nitrogens is 4. The van der Waals surface area contributed by atoms with E-state index in [4.69, 9.17) is 15.1 Å². The van der Waals surface area contributed by atoms with E-state index in [1.165, 1.54) is 0 Å². The lowest BCUT2D eigenvalue weighted by Gasteiger charge is -2.23. The Labute approximate surface area is 240 Å². The number of halogens is 4. The highest BCUT2D eigenvalue weighted by atomic mass is 31.2. The number of para-hydroxylation sites is 2. The summed E-state index contributed by atoms with van der Waals surface area (Å²) in [6.07, 6.45) is 0. The molecule has 0 amide bonds. The predicted molar refractivity (Wildman–Crippen MR) is 160 cm³/mol. The van der Waals surface area contributed by atoms with Gasteiger partial charge in [0.25, 0.3) is 0 Å². The molecule has 1 heterocycles. The summed E-state index contributed by atoms with van der Waals surface area (Å²) in [6.45, 7) is 0. The van der Waals surface area contributed by atoms with Crippen molar-refractivity contribution < 1.29 is 21.9 Å². The summed E-state index contributed by atoms with van der Waals surface area (Å²) in [5.41, 5.74) is 1.77. The molecule has 0 spiro atoms. The van der Waals surface area contributed by atoms with Crippen LogP contribution in [0.25, 0.3) is 11.4 Å². The summed E-state index contributed by atoms with van der Waals surface area (Å²) in [5, 5.41) is 13.3. The zero-order chi connectivity index (χ0) is 29.4. The minimum absolute atomic E-state index is 0.542. The molecule has 11 heteroatoms. The molecule has 0 N–H and O–H groups in total. The van der Waals surface area contributed by atoms with Crippen LogP contribution in [0.3, 0.4) is 0 Å². The highest BCUT2D eigenvalue weighted by Crippen LogP contribution is 2.48. The molecule has 0 atom stereocenters. The maximum atomic E-state index is 9.75. The molecule has 6 aromatic rings. The molecule has 6 rings (SSSR count). The van der Waals surface area contributed by atoms with Crippen LogP contribution >= 0.6 is 7.05 Å². The molecule has 0 saturated carbocycles. The summed E-state index contributed by atoms with van der Waals surface area (Å²) < 4.78 is 46.4. The Balaban J connectivity index is 0.000000652. The Morgan fingerprint density at radius 2 is 0.905 bits per heavy atom. The molecule has 5 nitrogen and oxygen atoms in total. The third-order valence-electron chi connectivity index (χ3n) is 6.16. The molecular formula is C31H25BF4N5P. The minimum Gasteiger partial charge on any atom is -0.418 e. The molecule has 5 aromatic carbocycles. The van der Waals surface area contributed by atoms with Gasteiger partial charge in [-0.05, 0) is 29.1 Å². The van der Waals surface area contributed by atoms with Gasteiger partial charge in [0, 0.05) is 21.1 Å². The number of hydrogen-bond acceptors (Lipinski definition) is 3. The van der Waals surface area contributed by atoms with Crippen LogP contribution in [-0.2, 0) is 0 Å². The highest BCUT2D eigenvalue weighted by molar-refractivity contribution is 7.87. The first-order valence-corrected chi connectivity index (χ1v) is 14.8. The van der Waals surface area contributed by atoms with E-state index < -0.39 is 14.3 Å². The van der Waals surface area contributed by atoms with Gasteiger partial charge in [-0.3, -0.25) is 0 Å². The maximum absolute atomic E-state index is 9.75. The van der Waals surface area contributed by atoms with Crippen molar-refractivity contribution >= 4 is 36.2 Å². The standard InChI is InChI=1S/C31H25N5P.BF4/c1-6-16-26(17-7-1)35-31(32-36(34-35)27-18-8-2-9-19-27)33-37(28-20-10-3-11-21-28,29-22-12-4-13-23-29)30-24-14-5-15-25-30;2-1(3,4)5/h1-25H;/q+1;-1. The zero-order valence-electron chi connectivity index (χ0n) is 22.2. The van der Waals surface area contributed by atoms with Gasteiger partial charge in [-0.2, -0.15) is 0 Å². The quantitative estimate of drug-likeness (QED) is 0.0952. The fourth-order valence-electron chi connectivity index (χ4n) is 4.43. The van der Waals surface area contributed by atoms with Crippen LogP contribution in [-0.4, -0.2) is 22.4 Å². The number of hydrogen-bond donors (Lipinski definition) is 0. The van der Waals surface area contributed by atoms with Crippen molar-refractivity contribution in [3.63, 3.8) is 0 Å². The molecule has 0 radical (unpaired) electrons. The molecule has 1 aromatic heterocycles. The van der Waals surface area contributed by atoms with Crippen molar-refractivity contribution in [2.75, 3.05) is 0 Å². The summed E-state index contributed by atoms with van der Waals surface area (Å²) >= 11 is 0. The maximum Gasteiger partial charge on any atom is 0.673 e. The van der Waals surface area contributed by atoms with Crippen molar-refractivity contribution in [3.05, 3.63) is 152 Å². The molecule has 42 heavy (non-hydrogen) atoms. The van der Waals surface area contributed by atoms with Crippen molar-refractivity contribution in [2.24, 2.45) is 4.74 Å². The summed E-state index contributed by atoms with van der Waals surface area (Å²) in [4.78, 5) is 1.65. The second-order valence-corrected chi connectivity index (χ2v) is 12.0. The van der Waals surface area contributed by atoms with Gasteiger partial charge in [0.2, 0.25) is 0 Å². The largest absolute Gasteiger partial charge is 0.673 e. The van der Waals surface area contributed by atoms with E-state index in [0.717, 1.165) is 27.3 Å². The van der Waals surface area contributed by atoms with Crippen LogP contribution in [0, 0.1) is 0 Å². The summed E-state index contributed by atoms with van der Waals surface area (Å²) in [5.74, 6) is 0.542. The fraction of sp³-hybridized carbons (Fsp3) is 0. The monoisotopic (exact) mass is 585 g/mol. The topological polar surface area (TPSA) is 47.0 Å². The van der Waals surface area contributed by atoms with Crippen molar-refractivity contribution in [1.29, 1.82) is 0 Å². The van der Waals surface area contributed by atoms with Crippen LogP contribution in [0.15, 0.2) is 156 Å². The molecule has 0 saturated heterocycles. The normalized spacial score (nSPS) is 11.3. The molecule has 210 valence electrons. The van der Waals surface area contributed by atoms with E-state index >= 15 is 0 Å². The molecule has 0 aliphatic heterocycles. The van der Waals surface area contributed by atoms with E-state index in [1.54, 1.807) is 4.80 Å². The summed E-state index contributed by atoms with van der Waals surface area (Å²) in [7, 11) is -8.51. The third-order valence-corrected chi connectivity index (χ3v) is 9.78. The van der Waals surface area contributed by atoms with Gasteiger partial charge >= 0.3 is 13.2 Å². The van der Waals surface area contributed by atoms with Gasteiger partial charge < -0.3 is 17.3 Å². The van der Waals surface area contributed by atoms with E-state index in [2.05, 4.69) is 72.8 Å². The van der Waals surface area contributed by atoms with Crippen molar-refractivity contribution in [3.8, 4) is 11.4 Å². The Morgan fingerprint density at radius 3 is 1.31 bits per heavy atom. The minimum atomic E-state index is -6.00. The molecule has 0 fully saturated rings. The first-order valence-electron chi connectivity index (χ1n) is 13.0. The van der Waals surface area contributed by atoms with Crippen molar-refractivity contribution in [1.82, 2.24) is 15.1 Å². The van der Waals surface area contributed by atoms with Gasteiger partial charge in [-0.15, -0.1) is 4.74 Å². The molecule has 0 bridgehead atoms. The van der Waals surface area contributed by atoms with Crippen LogP contribution in [0.1, 0.15) is 0 Å². The Bertz CT molecular complexity index is 1660. The lowest BCUT2D eigenvalue weighted by Crippen LogP contribution is -2.34. The summed E-state index contributed by atoms with van der Waals surface area (Å²) in [6, 6.07) is 51.6. The average molecular weight is 585 g/mol. The van der Waals surface area contributed by atoms with Crippen LogP contribution in [0.5, 0.6) is 0 Å². The Hall–Kier alpha value is -4.82. The van der Waals surface area contributed by atoms with E-state index in [-0.39, 0.29) is 0 Å². The number of rotatable bonds is 6. The van der Waals surface area contributed by atoms with E-state index in [1.807, 2.05) is 83.5 Å².